The monoisotopic (exact) mass is 291 g/mol. The lowest BCUT2D eigenvalue weighted by atomic mass is 9.81. The summed E-state index contributed by atoms with van der Waals surface area (Å²) in [6.07, 6.45) is 4.10. The van der Waals surface area contributed by atoms with Crippen LogP contribution in [0, 0.1) is 0 Å². The van der Waals surface area contributed by atoms with Crippen molar-refractivity contribution in [3.63, 3.8) is 0 Å². The molecule has 2 aromatic carbocycles. The third-order valence-corrected chi connectivity index (χ3v) is 4.35. The quantitative estimate of drug-likeness (QED) is 0.549. The van der Waals surface area contributed by atoms with Gasteiger partial charge in [-0.25, -0.2) is 0 Å². The second-order valence-electron chi connectivity index (χ2n) is 5.86. The predicted molar refractivity (Wildman–Crippen MR) is 98.0 cm³/mol. The Morgan fingerprint density at radius 2 is 1.77 bits per heavy atom. The molecule has 0 saturated heterocycles. The molecule has 1 nitrogen and oxygen atoms in total. The highest BCUT2D eigenvalue weighted by atomic mass is 14.5. The maximum Gasteiger partial charge on any atom is 0.0316 e. The fourth-order valence-corrected chi connectivity index (χ4v) is 2.88. The number of benzene rings is 2. The van der Waals surface area contributed by atoms with Crippen LogP contribution in [-0.2, 0) is 0 Å². The summed E-state index contributed by atoms with van der Waals surface area (Å²) in [5.41, 5.74) is 11.6. The van der Waals surface area contributed by atoms with Crippen LogP contribution in [0.25, 0.3) is 5.57 Å². The molecule has 0 spiro atoms. The number of nitrogen functional groups attached to an aromatic ring is 1. The summed E-state index contributed by atoms with van der Waals surface area (Å²) in [5, 5.41) is 0. The number of anilines is 1. The van der Waals surface area contributed by atoms with Gasteiger partial charge < -0.3 is 5.73 Å². The summed E-state index contributed by atoms with van der Waals surface area (Å²) in [5.74, 6) is 0.781. The minimum atomic E-state index is 0.389. The highest BCUT2D eigenvalue weighted by Crippen LogP contribution is 2.36. The van der Waals surface area contributed by atoms with Crippen LogP contribution in [0.15, 0.2) is 67.3 Å². The van der Waals surface area contributed by atoms with E-state index in [9.17, 15) is 0 Å². The van der Waals surface area contributed by atoms with Crippen molar-refractivity contribution < 1.29 is 0 Å². The lowest BCUT2D eigenvalue weighted by Gasteiger charge is -2.24. The van der Waals surface area contributed by atoms with Crippen molar-refractivity contribution in [1.82, 2.24) is 0 Å². The first kappa shape index (κ1) is 16.1. The van der Waals surface area contributed by atoms with Crippen LogP contribution in [0.4, 0.5) is 5.69 Å². The molecule has 0 amide bonds. The Hall–Kier alpha value is -2.28. The maximum atomic E-state index is 5.93. The molecule has 2 unspecified atom stereocenters. The van der Waals surface area contributed by atoms with Crippen LogP contribution in [0.3, 0.4) is 0 Å². The number of rotatable bonds is 5. The van der Waals surface area contributed by atoms with Gasteiger partial charge in [0, 0.05) is 5.69 Å². The van der Waals surface area contributed by atoms with Crippen LogP contribution >= 0.6 is 0 Å². The summed E-state index contributed by atoms with van der Waals surface area (Å²) in [4.78, 5) is 0. The van der Waals surface area contributed by atoms with Gasteiger partial charge in [-0.1, -0.05) is 69.0 Å². The van der Waals surface area contributed by atoms with Crippen molar-refractivity contribution >= 4 is 11.3 Å². The Kier molecular flexibility index (Phi) is 5.21. The van der Waals surface area contributed by atoms with E-state index >= 15 is 0 Å². The van der Waals surface area contributed by atoms with Crippen molar-refractivity contribution in [2.45, 2.75) is 32.6 Å². The van der Waals surface area contributed by atoms with E-state index in [1.54, 1.807) is 0 Å². The molecule has 114 valence electrons. The molecule has 2 N–H and O–H groups in total. The molecule has 0 bridgehead atoms. The highest BCUT2D eigenvalue weighted by molar-refractivity contribution is 5.74. The zero-order valence-electron chi connectivity index (χ0n) is 13.7. The van der Waals surface area contributed by atoms with E-state index in [-0.39, 0.29) is 0 Å². The summed E-state index contributed by atoms with van der Waals surface area (Å²) < 4.78 is 0. The summed E-state index contributed by atoms with van der Waals surface area (Å²) in [6, 6.07) is 16.7. The van der Waals surface area contributed by atoms with Gasteiger partial charge in [-0.05, 0) is 53.2 Å². The van der Waals surface area contributed by atoms with E-state index in [1.807, 2.05) is 25.1 Å². The predicted octanol–water partition coefficient (Wildman–Crippen LogP) is 5.77. The van der Waals surface area contributed by atoms with E-state index in [0.717, 1.165) is 11.3 Å². The van der Waals surface area contributed by atoms with Gasteiger partial charge in [-0.2, -0.15) is 0 Å². The molecule has 2 aromatic rings. The standard InChI is InChI=1S/C21H25N/c1-5-9-15(2)20-12-6-7-13-21(20)17(4)16(3)18-10-8-11-19(22)14-18/h5-14,16-17H,2,22H2,1,3-4H3/b9-5+. The molecule has 0 fully saturated rings. The molecule has 0 aliphatic heterocycles. The zero-order chi connectivity index (χ0) is 16.1. The normalized spacial score (nSPS) is 14.0. The van der Waals surface area contributed by atoms with Gasteiger partial charge >= 0.3 is 0 Å². The lowest BCUT2D eigenvalue weighted by molar-refractivity contribution is 0.623. The first-order chi connectivity index (χ1) is 10.5. The SMILES string of the molecule is C=C(/C=C/C)c1ccccc1C(C)C(C)c1cccc(N)c1. The molecular formula is C21H25N. The van der Waals surface area contributed by atoms with Gasteiger partial charge in [-0.3, -0.25) is 0 Å². The van der Waals surface area contributed by atoms with Gasteiger partial charge in [0.1, 0.15) is 0 Å². The molecule has 0 radical (unpaired) electrons. The first-order valence-electron chi connectivity index (χ1n) is 7.81. The average molecular weight is 291 g/mol. The fraction of sp³-hybridized carbons (Fsp3) is 0.238. The smallest absolute Gasteiger partial charge is 0.0316 e. The van der Waals surface area contributed by atoms with E-state index in [4.69, 9.17) is 5.73 Å². The molecule has 2 atom stereocenters. The van der Waals surface area contributed by atoms with Crippen molar-refractivity contribution in [2.75, 3.05) is 5.73 Å². The molecule has 0 heterocycles. The minimum Gasteiger partial charge on any atom is -0.399 e. The third kappa shape index (κ3) is 3.48. The molecule has 2 rings (SSSR count). The molecule has 0 aliphatic rings. The van der Waals surface area contributed by atoms with Crippen LogP contribution in [0.5, 0.6) is 0 Å². The number of hydrogen-bond acceptors (Lipinski definition) is 1. The molecular weight excluding hydrogens is 266 g/mol. The second-order valence-corrected chi connectivity index (χ2v) is 5.86. The lowest BCUT2D eigenvalue weighted by Crippen LogP contribution is -2.07. The fourth-order valence-electron chi connectivity index (χ4n) is 2.88. The van der Waals surface area contributed by atoms with Crippen LogP contribution in [0.2, 0.25) is 0 Å². The molecule has 0 aromatic heterocycles. The van der Waals surface area contributed by atoms with Gasteiger partial charge in [0.05, 0.1) is 0 Å². The third-order valence-electron chi connectivity index (χ3n) is 4.35. The molecule has 22 heavy (non-hydrogen) atoms. The number of nitrogens with two attached hydrogens (primary N) is 1. The minimum absolute atomic E-state index is 0.389. The van der Waals surface area contributed by atoms with Gasteiger partial charge in [0.15, 0.2) is 0 Å². The van der Waals surface area contributed by atoms with Gasteiger partial charge in [-0.15, -0.1) is 0 Å². The topological polar surface area (TPSA) is 26.0 Å². The summed E-state index contributed by atoms with van der Waals surface area (Å²) in [6.45, 7) is 10.7. The molecule has 0 aliphatic carbocycles. The highest BCUT2D eigenvalue weighted by Gasteiger charge is 2.19. The van der Waals surface area contributed by atoms with Crippen molar-refractivity contribution in [2.24, 2.45) is 0 Å². The zero-order valence-corrected chi connectivity index (χ0v) is 13.7. The van der Waals surface area contributed by atoms with Crippen molar-refractivity contribution in [3.05, 3.63) is 84.0 Å². The Balaban J connectivity index is 2.37. The number of hydrogen-bond donors (Lipinski definition) is 1. The Morgan fingerprint density at radius 1 is 1.05 bits per heavy atom. The van der Waals surface area contributed by atoms with E-state index in [1.165, 1.54) is 16.7 Å². The van der Waals surface area contributed by atoms with Crippen molar-refractivity contribution in [1.29, 1.82) is 0 Å². The van der Waals surface area contributed by atoms with E-state index < -0.39 is 0 Å². The van der Waals surface area contributed by atoms with E-state index in [2.05, 4.69) is 62.9 Å². The van der Waals surface area contributed by atoms with Gasteiger partial charge in [0.25, 0.3) is 0 Å². The maximum absolute atomic E-state index is 5.93. The van der Waals surface area contributed by atoms with Crippen molar-refractivity contribution in [3.8, 4) is 0 Å². The second kappa shape index (κ2) is 7.13. The first-order valence-corrected chi connectivity index (χ1v) is 7.81. The Bertz CT molecular complexity index is 682. The molecule has 0 saturated carbocycles. The van der Waals surface area contributed by atoms with E-state index in [0.29, 0.717) is 11.8 Å². The Morgan fingerprint density at radius 3 is 2.45 bits per heavy atom. The largest absolute Gasteiger partial charge is 0.399 e. The molecule has 1 heteroatoms. The summed E-state index contributed by atoms with van der Waals surface area (Å²) in [7, 11) is 0. The Labute approximate surface area is 134 Å². The van der Waals surface area contributed by atoms with Crippen LogP contribution in [-0.4, -0.2) is 0 Å². The van der Waals surface area contributed by atoms with Gasteiger partial charge in [0.2, 0.25) is 0 Å². The summed E-state index contributed by atoms with van der Waals surface area (Å²) >= 11 is 0. The van der Waals surface area contributed by atoms with Crippen LogP contribution in [0.1, 0.15) is 49.3 Å². The number of allylic oxidation sites excluding steroid dienone is 3. The average Bonchev–Trinajstić information content (AvgIpc) is 2.53. The van der Waals surface area contributed by atoms with Crippen LogP contribution < -0.4 is 5.73 Å².